The largest absolute Gasteiger partial charge is 0.466 e. The Balaban J connectivity index is 2.42. The van der Waals surface area contributed by atoms with Crippen molar-refractivity contribution in [3.63, 3.8) is 0 Å². The molecule has 5 heteroatoms. The average molecular weight is 242 g/mol. The van der Waals surface area contributed by atoms with E-state index in [2.05, 4.69) is 10.6 Å². The topological polar surface area (TPSA) is 67.4 Å². The van der Waals surface area contributed by atoms with Crippen LogP contribution in [0.15, 0.2) is 0 Å². The van der Waals surface area contributed by atoms with Crippen molar-refractivity contribution in [3.05, 3.63) is 0 Å². The Labute approximate surface area is 102 Å². The summed E-state index contributed by atoms with van der Waals surface area (Å²) in [5, 5.41) is 5.48. The zero-order chi connectivity index (χ0) is 12.9. The Morgan fingerprint density at radius 1 is 1.35 bits per heavy atom. The first-order valence-electron chi connectivity index (χ1n) is 6.22. The lowest BCUT2D eigenvalue weighted by Gasteiger charge is -2.39. The lowest BCUT2D eigenvalue weighted by Crippen LogP contribution is -2.51. The van der Waals surface area contributed by atoms with Crippen LogP contribution in [0.5, 0.6) is 0 Å². The lowest BCUT2D eigenvalue weighted by molar-refractivity contribution is -0.160. The van der Waals surface area contributed by atoms with E-state index in [1.807, 2.05) is 13.8 Å². The SMILES string of the molecule is CCOC(=O)C1(CNC(=O)NC(C)C)CCC1. The van der Waals surface area contributed by atoms with Crippen molar-refractivity contribution in [1.29, 1.82) is 0 Å². The van der Waals surface area contributed by atoms with Gasteiger partial charge in [-0.25, -0.2) is 4.79 Å². The molecule has 0 bridgehead atoms. The molecule has 1 aliphatic carbocycles. The number of urea groups is 1. The quantitative estimate of drug-likeness (QED) is 0.717. The fourth-order valence-electron chi connectivity index (χ4n) is 1.90. The van der Waals surface area contributed by atoms with Gasteiger partial charge in [0.05, 0.1) is 12.0 Å². The number of carbonyl (C=O) groups is 2. The standard InChI is InChI=1S/C12H22N2O3/c1-4-17-10(15)12(6-5-7-12)8-13-11(16)14-9(2)3/h9H,4-8H2,1-3H3,(H2,13,14,16). The van der Waals surface area contributed by atoms with Crippen molar-refractivity contribution in [2.24, 2.45) is 5.41 Å². The highest BCUT2D eigenvalue weighted by molar-refractivity contribution is 5.80. The number of carbonyl (C=O) groups excluding carboxylic acids is 2. The molecular weight excluding hydrogens is 220 g/mol. The third-order valence-corrected chi connectivity index (χ3v) is 3.03. The molecule has 17 heavy (non-hydrogen) atoms. The number of hydrogen-bond donors (Lipinski definition) is 2. The maximum absolute atomic E-state index is 11.8. The minimum absolute atomic E-state index is 0.0925. The maximum Gasteiger partial charge on any atom is 0.315 e. The zero-order valence-electron chi connectivity index (χ0n) is 10.8. The lowest BCUT2D eigenvalue weighted by atomic mass is 9.68. The molecule has 0 aromatic rings. The Morgan fingerprint density at radius 3 is 2.41 bits per heavy atom. The van der Waals surface area contributed by atoms with Gasteiger partial charge in [-0.3, -0.25) is 4.79 Å². The second kappa shape index (κ2) is 5.89. The highest BCUT2D eigenvalue weighted by Gasteiger charge is 2.45. The van der Waals surface area contributed by atoms with Crippen LogP contribution < -0.4 is 10.6 Å². The summed E-state index contributed by atoms with van der Waals surface area (Å²) in [5.41, 5.74) is -0.482. The van der Waals surface area contributed by atoms with E-state index in [0.717, 1.165) is 19.3 Å². The molecule has 5 nitrogen and oxygen atoms in total. The van der Waals surface area contributed by atoms with Crippen LogP contribution in [0.4, 0.5) is 4.79 Å². The zero-order valence-corrected chi connectivity index (χ0v) is 10.8. The molecule has 2 amide bonds. The Bertz CT molecular complexity index is 285. The number of esters is 1. The smallest absolute Gasteiger partial charge is 0.315 e. The molecular formula is C12H22N2O3. The molecule has 1 fully saturated rings. The molecule has 0 heterocycles. The van der Waals surface area contributed by atoms with Gasteiger partial charge >= 0.3 is 12.0 Å². The highest BCUT2D eigenvalue weighted by atomic mass is 16.5. The van der Waals surface area contributed by atoms with E-state index < -0.39 is 5.41 Å². The van der Waals surface area contributed by atoms with E-state index in [1.54, 1.807) is 6.92 Å². The molecule has 1 saturated carbocycles. The van der Waals surface area contributed by atoms with Crippen LogP contribution in [0, 0.1) is 5.41 Å². The summed E-state index contributed by atoms with van der Waals surface area (Å²) >= 11 is 0. The summed E-state index contributed by atoms with van der Waals surface area (Å²) in [4.78, 5) is 23.2. The van der Waals surface area contributed by atoms with Crippen LogP contribution in [0.1, 0.15) is 40.0 Å². The average Bonchev–Trinajstić information content (AvgIpc) is 2.15. The van der Waals surface area contributed by atoms with Crippen LogP contribution in [0.25, 0.3) is 0 Å². The molecule has 1 aliphatic rings. The number of nitrogens with one attached hydrogen (secondary N) is 2. The minimum Gasteiger partial charge on any atom is -0.466 e. The molecule has 0 saturated heterocycles. The van der Waals surface area contributed by atoms with Crippen molar-refractivity contribution in [2.45, 2.75) is 46.1 Å². The molecule has 1 rings (SSSR count). The van der Waals surface area contributed by atoms with Gasteiger partial charge in [-0.15, -0.1) is 0 Å². The maximum atomic E-state index is 11.8. The highest BCUT2D eigenvalue weighted by Crippen LogP contribution is 2.41. The van der Waals surface area contributed by atoms with Crippen molar-refractivity contribution < 1.29 is 14.3 Å². The number of ether oxygens (including phenoxy) is 1. The molecule has 0 atom stereocenters. The molecule has 0 spiro atoms. The van der Waals surface area contributed by atoms with Crippen LogP contribution >= 0.6 is 0 Å². The predicted octanol–water partition coefficient (Wildman–Crippen LogP) is 1.43. The van der Waals surface area contributed by atoms with Gasteiger partial charge in [-0.2, -0.15) is 0 Å². The summed E-state index contributed by atoms with van der Waals surface area (Å²) in [7, 11) is 0. The van der Waals surface area contributed by atoms with Crippen molar-refractivity contribution in [1.82, 2.24) is 10.6 Å². The van der Waals surface area contributed by atoms with Gasteiger partial charge in [0.25, 0.3) is 0 Å². The van der Waals surface area contributed by atoms with Gasteiger partial charge in [-0.1, -0.05) is 6.42 Å². The number of hydrogen-bond acceptors (Lipinski definition) is 3. The minimum atomic E-state index is -0.482. The molecule has 0 aromatic carbocycles. The molecule has 2 N–H and O–H groups in total. The normalized spacial score (nSPS) is 17.2. The Kier molecular flexibility index (Phi) is 4.78. The van der Waals surface area contributed by atoms with Crippen molar-refractivity contribution in [3.8, 4) is 0 Å². The van der Waals surface area contributed by atoms with Gasteiger partial charge in [0.1, 0.15) is 0 Å². The van der Waals surface area contributed by atoms with Gasteiger partial charge < -0.3 is 15.4 Å². The molecule has 98 valence electrons. The second-order valence-corrected chi connectivity index (χ2v) is 4.84. The first-order chi connectivity index (χ1) is 8.00. The first-order valence-corrected chi connectivity index (χ1v) is 6.22. The summed E-state index contributed by atoms with van der Waals surface area (Å²) in [6.45, 7) is 6.33. The summed E-state index contributed by atoms with van der Waals surface area (Å²) in [6.07, 6.45) is 2.62. The Hall–Kier alpha value is -1.26. The fourth-order valence-corrected chi connectivity index (χ4v) is 1.90. The van der Waals surface area contributed by atoms with E-state index in [0.29, 0.717) is 13.2 Å². The fraction of sp³-hybridized carbons (Fsp3) is 0.833. The van der Waals surface area contributed by atoms with Crippen LogP contribution in [0.3, 0.4) is 0 Å². The molecule has 0 unspecified atom stereocenters. The molecule has 0 radical (unpaired) electrons. The van der Waals surface area contributed by atoms with Gasteiger partial charge in [0.15, 0.2) is 0 Å². The third kappa shape index (κ3) is 3.61. The van der Waals surface area contributed by atoms with E-state index in [1.165, 1.54) is 0 Å². The van der Waals surface area contributed by atoms with Gasteiger partial charge in [0, 0.05) is 12.6 Å². The summed E-state index contributed by atoms with van der Waals surface area (Å²) in [6, 6.07) is -0.134. The first kappa shape index (κ1) is 13.8. The monoisotopic (exact) mass is 242 g/mol. The summed E-state index contributed by atoms with van der Waals surface area (Å²) in [5.74, 6) is -0.184. The second-order valence-electron chi connectivity index (χ2n) is 4.84. The van der Waals surface area contributed by atoms with E-state index in [4.69, 9.17) is 4.74 Å². The van der Waals surface area contributed by atoms with E-state index in [9.17, 15) is 9.59 Å². The van der Waals surface area contributed by atoms with Gasteiger partial charge in [-0.05, 0) is 33.6 Å². The predicted molar refractivity (Wildman–Crippen MR) is 64.6 cm³/mol. The van der Waals surface area contributed by atoms with E-state index in [-0.39, 0.29) is 18.0 Å². The molecule has 0 aliphatic heterocycles. The van der Waals surface area contributed by atoms with Crippen LogP contribution in [-0.4, -0.2) is 31.2 Å². The van der Waals surface area contributed by atoms with Crippen molar-refractivity contribution >= 4 is 12.0 Å². The van der Waals surface area contributed by atoms with Crippen LogP contribution in [-0.2, 0) is 9.53 Å². The number of rotatable bonds is 5. The van der Waals surface area contributed by atoms with Crippen LogP contribution in [0.2, 0.25) is 0 Å². The number of amides is 2. The molecule has 0 aromatic heterocycles. The van der Waals surface area contributed by atoms with Gasteiger partial charge in [0.2, 0.25) is 0 Å². The third-order valence-electron chi connectivity index (χ3n) is 3.03. The van der Waals surface area contributed by atoms with Crippen molar-refractivity contribution in [2.75, 3.05) is 13.2 Å². The Morgan fingerprint density at radius 2 is 2.00 bits per heavy atom. The summed E-state index contributed by atoms with van der Waals surface area (Å²) < 4.78 is 5.05. The van der Waals surface area contributed by atoms with E-state index >= 15 is 0 Å².